The van der Waals surface area contributed by atoms with Gasteiger partial charge in [0.05, 0.1) is 35.4 Å². The first-order chi connectivity index (χ1) is 21.7. The van der Waals surface area contributed by atoms with E-state index >= 15 is 0 Å². The van der Waals surface area contributed by atoms with Crippen LogP contribution in [0.4, 0.5) is 22.7 Å². The molecule has 3 saturated heterocycles. The van der Waals surface area contributed by atoms with Gasteiger partial charge in [0.25, 0.3) is 5.69 Å². The van der Waals surface area contributed by atoms with Gasteiger partial charge in [0.2, 0.25) is 15.9 Å². The van der Waals surface area contributed by atoms with Crippen molar-refractivity contribution in [3.63, 3.8) is 0 Å². The fourth-order valence-electron chi connectivity index (χ4n) is 6.49. The van der Waals surface area contributed by atoms with Crippen molar-refractivity contribution >= 4 is 44.9 Å². The van der Waals surface area contributed by atoms with Crippen LogP contribution < -0.4 is 9.80 Å². The Hall–Kier alpha value is -3.55. The van der Waals surface area contributed by atoms with Gasteiger partial charge in [0.15, 0.2) is 0 Å². The third-order valence-electron chi connectivity index (χ3n) is 8.99. The van der Waals surface area contributed by atoms with Gasteiger partial charge in [-0.1, -0.05) is 0 Å². The number of amides is 1. The summed E-state index contributed by atoms with van der Waals surface area (Å²) in [5, 5.41) is 11.7. The number of aliphatic imine (C=N–C) groups is 1. The van der Waals surface area contributed by atoms with Crippen LogP contribution in [-0.2, 0) is 19.6 Å². The number of nitro benzene ring substituents is 1. The van der Waals surface area contributed by atoms with Gasteiger partial charge < -0.3 is 19.4 Å². The van der Waals surface area contributed by atoms with Crippen LogP contribution in [-0.4, -0.2) is 100 Å². The zero-order valence-corrected chi connectivity index (χ0v) is 27.1. The molecular formula is C32H44N6O6S. The number of non-ortho nitro benzene ring substituents is 1. The number of anilines is 2. The number of hydrogen-bond acceptors (Lipinski definition) is 9. The fourth-order valence-corrected chi connectivity index (χ4v) is 8.13. The van der Waals surface area contributed by atoms with E-state index in [4.69, 9.17) is 4.74 Å². The molecule has 0 radical (unpaired) electrons. The smallest absolute Gasteiger partial charge is 0.270 e. The highest BCUT2D eigenvalue weighted by Gasteiger charge is 2.32. The molecule has 0 spiro atoms. The normalized spacial score (nSPS) is 20.0. The molecule has 2 aromatic carbocycles. The number of ether oxygens (including phenoxy) is 1. The molecule has 0 unspecified atom stereocenters. The molecule has 3 aliphatic heterocycles. The lowest BCUT2D eigenvalue weighted by atomic mass is 9.95. The molecule has 2 aromatic rings. The first kappa shape index (κ1) is 32.8. The number of benzene rings is 2. The van der Waals surface area contributed by atoms with E-state index in [-0.39, 0.29) is 22.4 Å². The summed E-state index contributed by atoms with van der Waals surface area (Å²) < 4.78 is 34.7. The van der Waals surface area contributed by atoms with Gasteiger partial charge in [0.1, 0.15) is 4.90 Å². The van der Waals surface area contributed by atoms with E-state index in [9.17, 15) is 23.3 Å². The maximum absolute atomic E-state index is 13.9. The number of nitro groups is 1. The average molecular weight is 641 g/mol. The van der Waals surface area contributed by atoms with E-state index in [2.05, 4.69) is 14.8 Å². The minimum absolute atomic E-state index is 0.0657. The monoisotopic (exact) mass is 640 g/mol. The summed E-state index contributed by atoms with van der Waals surface area (Å²) >= 11 is 0. The number of carbonyl (C=O) groups is 1. The third kappa shape index (κ3) is 7.47. The summed E-state index contributed by atoms with van der Waals surface area (Å²) in [4.78, 5) is 35.4. The summed E-state index contributed by atoms with van der Waals surface area (Å²) in [6.45, 7) is 9.35. The van der Waals surface area contributed by atoms with Crippen LogP contribution in [0.15, 0.2) is 46.3 Å². The minimum Gasteiger partial charge on any atom is -0.379 e. The van der Waals surface area contributed by atoms with Crippen LogP contribution in [0, 0.1) is 16.0 Å². The van der Waals surface area contributed by atoms with Gasteiger partial charge in [0, 0.05) is 82.0 Å². The minimum atomic E-state index is -3.81. The Morgan fingerprint density at radius 3 is 2.36 bits per heavy atom. The van der Waals surface area contributed by atoms with Gasteiger partial charge in [-0.15, -0.1) is 0 Å². The zero-order chi connectivity index (χ0) is 32.0. The molecular weight excluding hydrogens is 596 g/mol. The van der Waals surface area contributed by atoms with E-state index in [0.717, 1.165) is 50.9 Å². The number of sulfonamides is 1. The SMILES string of the molecule is CCN(CC)C(=O)[C@@H]1CCCN(c2ccc([N+](=O)[O-])cc2C=Nc2ccc(N3CCCCC3)c(S(=O)(=O)N3CCOCC3)c2)C1. The summed E-state index contributed by atoms with van der Waals surface area (Å²) in [7, 11) is -3.81. The molecule has 0 N–H and O–H groups in total. The average Bonchev–Trinajstić information content (AvgIpc) is 3.08. The van der Waals surface area contributed by atoms with Crippen molar-refractivity contribution in [2.45, 2.75) is 50.8 Å². The quantitative estimate of drug-likeness (QED) is 0.212. The van der Waals surface area contributed by atoms with Gasteiger partial charge in [-0.2, -0.15) is 4.31 Å². The Balaban J connectivity index is 1.49. The molecule has 0 aromatic heterocycles. The Morgan fingerprint density at radius 2 is 1.67 bits per heavy atom. The van der Waals surface area contributed by atoms with E-state index in [0.29, 0.717) is 69.4 Å². The van der Waals surface area contributed by atoms with Gasteiger partial charge in [-0.25, -0.2) is 8.42 Å². The summed E-state index contributed by atoms with van der Waals surface area (Å²) in [5.74, 6) is -0.0291. The molecule has 12 nitrogen and oxygen atoms in total. The van der Waals surface area contributed by atoms with Crippen LogP contribution in [0.1, 0.15) is 51.5 Å². The molecule has 0 aliphatic carbocycles. The molecule has 5 rings (SSSR count). The Kier molecular flexibility index (Phi) is 10.7. The highest BCUT2D eigenvalue weighted by molar-refractivity contribution is 7.89. The van der Waals surface area contributed by atoms with Gasteiger partial charge in [-0.05, 0) is 70.2 Å². The number of morpholine rings is 1. The lowest BCUT2D eigenvalue weighted by Gasteiger charge is -2.36. The molecule has 3 heterocycles. The van der Waals surface area contributed by atoms with Crippen molar-refractivity contribution in [3.05, 3.63) is 52.1 Å². The van der Waals surface area contributed by atoms with E-state index in [1.807, 2.05) is 24.8 Å². The summed E-state index contributed by atoms with van der Waals surface area (Å²) in [5.41, 5.74) is 2.34. The largest absolute Gasteiger partial charge is 0.379 e. The fraction of sp³-hybridized carbons (Fsp3) is 0.562. The van der Waals surface area contributed by atoms with Crippen molar-refractivity contribution in [2.24, 2.45) is 10.9 Å². The highest BCUT2D eigenvalue weighted by atomic mass is 32.2. The molecule has 13 heteroatoms. The Morgan fingerprint density at radius 1 is 0.978 bits per heavy atom. The number of piperidine rings is 2. The van der Waals surface area contributed by atoms with E-state index in [1.54, 1.807) is 24.4 Å². The number of carbonyl (C=O) groups excluding carboxylic acids is 1. The number of nitrogens with zero attached hydrogens (tertiary/aromatic N) is 6. The molecule has 1 amide bonds. The predicted octanol–water partition coefficient (Wildman–Crippen LogP) is 4.44. The lowest BCUT2D eigenvalue weighted by molar-refractivity contribution is -0.384. The topological polar surface area (TPSA) is 129 Å². The molecule has 244 valence electrons. The Bertz CT molecular complexity index is 1500. The van der Waals surface area contributed by atoms with Crippen LogP contribution >= 0.6 is 0 Å². The van der Waals surface area contributed by atoms with Crippen molar-refractivity contribution in [3.8, 4) is 0 Å². The molecule has 1 atom stereocenters. The zero-order valence-electron chi connectivity index (χ0n) is 26.3. The van der Waals surface area contributed by atoms with Crippen LogP contribution in [0.25, 0.3) is 0 Å². The van der Waals surface area contributed by atoms with Crippen molar-refractivity contribution in [1.82, 2.24) is 9.21 Å². The van der Waals surface area contributed by atoms with Crippen LogP contribution in [0.5, 0.6) is 0 Å². The summed E-state index contributed by atoms with van der Waals surface area (Å²) in [6, 6.07) is 9.92. The molecule has 3 aliphatic rings. The van der Waals surface area contributed by atoms with Gasteiger partial charge in [-0.3, -0.25) is 19.9 Å². The Labute approximate surface area is 265 Å². The van der Waals surface area contributed by atoms with Crippen molar-refractivity contribution in [2.75, 3.05) is 75.4 Å². The first-order valence-corrected chi connectivity index (χ1v) is 17.5. The molecule has 45 heavy (non-hydrogen) atoms. The maximum Gasteiger partial charge on any atom is 0.270 e. The first-order valence-electron chi connectivity index (χ1n) is 16.1. The predicted molar refractivity (Wildman–Crippen MR) is 175 cm³/mol. The van der Waals surface area contributed by atoms with E-state index in [1.165, 1.54) is 16.4 Å². The second-order valence-electron chi connectivity index (χ2n) is 11.8. The number of rotatable bonds is 10. The van der Waals surface area contributed by atoms with Crippen LogP contribution in [0.3, 0.4) is 0 Å². The van der Waals surface area contributed by atoms with Crippen molar-refractivity contribution in [1.29, 1.82) is 0 Å². The van der Waals surface area contributed by atoms with E-state index < -0.39 is 14.9 Å². The summed E-state index contributed by atoms with van der Waals surface area (Å²) in [6.07, 6.45) is 6.32. The highest BCUT2D eigenvalue weighted by Crippen LogP contribution is 2.35. The lowest BCUT2D eigenvalue weighted by Crippen LogP contribution is -2.45. The standard InChI is InChI=1S/C32H44N6O6S/c1-3-34(4-2)32(39)25-9-8-16-36(24-25)29-13-11-28(38(40)41)21-26(29)23-33-27-10-12-30(35-14-6-5-7-15-35)31(22-27)45(42,43)37-17-19-44-20-18-37/h10-13,21-23,25H,3-9,14-20,24H2,1-2H3/t25-/m1/s1. The molecule has 0 saturated carbocycles. The third-order valence-corrected chi connectivity index (χ3v) is 10.9. The van der Waals surface area contributed by atoms with Crippen LogP contribution in [0.2, 0.25) is 0 Å². The second-order valence-corrected chi connectivity index (χ2v) is 13.7. The number of hydrogen-bond donors (Lipinski definition) is 0. The molecule has 0 bridgehead atoms. The van der Waals surface area contributed by atoms with Gasteiger partial charge >= 0.3 is 0 Å². The molecule has 3 fully saturated rings. The second kappa shape index (κ2) is 14.7. The maximum atomic E-state index is 13.9. The van der Waals surface area contributed by atoms with Crippen molar-refractivity contribution < 1.29 is 22.9 Å².